The molecule has 0 atom stereocenters. The minimum Gasteiger partial charge on any atom is -0.269 e. The van der Waals surface area contributed by atoms with E-state index in [0.717, 1.165) is 36.1 Å². The number of aryl methyl sites for hydroxylation is 1. The molecule has 1 aromatic heterocycles. The molecule has 102 valence electrons. The van der Waals surface area contributed by atoms with Crippen molar-refractivity contribution in [2.75, 3.05) is 4.90 Å². The molecule has 0 spiro atoms. The molecule has 0 fully saturated rings. The summed E-state index contributed by atoms with van der Waals surface area (Å²) in [6.45, 7) is 0. The molecule has 3 rings (SSSR count). The maximum Gasteiger partial charge on any atom is 0.258 e. The molecule has 1 aliphatic carbocycles. The van der Waals surface area contributed by atoms with Gasteiger partial charge >= 0.3 is 0 Å². The summed E-state index contributed by atoms with van der Waals surface area (Å²) in [6, 6.07) is 2.21. The van der Waals surface area contributed by atoms with Crippen molar-refractivity contribution in [2.24, 2.45) is 0 Å². The number of carbonyl (C=O) groups excluding carboxylic acids is 2. The second-order valence-electron chi connectivity index (χ2n) is 5.06. The third-order valence-corrected chi connectivity index (χ3v) is 5.05. The minimum absolute atomic E-state index is 0.347. The van der Waals surface area contributed by atoms with Crippen molar-refractivity contribution >= 4 is 28.2 Å². The van der Waals surface area contributed by atoms with Crippen LogP contribution >= 0.6 is 11.3 Å². The summed E-state index contributed by atoms with van der Waals surface area (Å²) in [5.41, 5.74) is 1.58. The fourth-order valence-corrected chi connectivity index (χ4v) is 4.13. The number of rotatable bonds is 1. The van der Waals surface area contributed by atoms with E-state index in [9.17, 15) is 14.9 Å². The van der Waals surface area contributed by atoms with Gasteiger partial charge in [0.2, 0.25) is 0 Å². The predicted octanol–water partition coefficient (Wildman–Crippen LogP) is 2.71. The highest BCUT2D eigenvalue weighted by molar-refractivity contribution is 7.17. The van der Waals surface area contributed by atoms with Crippen LogP contribution in [0, 0.1) is 11.3 Å². The van der Waals surface area contributed by atoms with E-state index in [-0.39, 0.29) is 11.8 Å². The summed E-state index contributed by atoms with van der Waals surface area (Å²) in [5, 5.41) is 9.96. The zero-order valence-electron chi connectivity index (χ0n) is 11.0. The maximum absolute atomic E-state index is 11.8. The van der Waals surface area contributed by atoms with Crippen molar-refractivity contribution in [3.63, 3.8) is 0 Å². The smallest absolute Gasteiger partial charge is 0.258 e. The number of nitrogens with zero attached hydrogens (tertiary/aromatic N) is 2. The highest BCUT2D eigenvalue weighted by Crippen LogP contribution is 2.39. The average molecular weight is 286 g/mol. The summed E-state index contributed by atoms with van der Waals surface area (Å²) in [6.07, 6.45) is 8.91. The molecule has 4 nitrogen and oxygen atoms in total. The number of anilines is 1. The van der Waals surface area contributed by atoms with E-state index in [1.165, 1.54) is 41.2 Å². The molecule has 0 radical (unpaired) electrons. The van der Waals surface area contributed by atoms with Crippen molar-refractivity contribution in [3.8, 4) is 6.07 Å². The standard InChI is InChI=1S/C15H14N2O2S/c16-9-11-10-5-3-1-2-4-6-12(10)20-15(11)17-13(18)7-8-14(17)19/h7-8H,1-6H2. The average Bonchev–Trinajstić information content (AvgIpc) is 2.90. The van der Waals surface area contributed by atoms with Crippen LogP contribution in [-0.4, -0.2) is 11.8 Å². The molecule has 2 aliphatic rings. The van der Waals surface area contributed by atoms with Gasteiger partial charge in [0.1, 0.15) is 11.1 Å². The third-order valence-electron chi connectivity index (χ3n) is 3.78. The molecule has 0 unspecified atom stereocenters. The normalized spacial score (nSPS) is 18.6. The molecular formula is C15H14N2O2S. The van der Waals surface area contributed by atoms with Crippen molar-refractivity contribution in [2.45, 2.75) is 38.5 Å². The Morgan fingerprint density at radius 1 is 1.05 bits per heavy atom. The van der Waals surface area contributed by atoms with Crippen molar-refractivity contribution in [1.82, 2.24) is 0 Å². The highest BCUT2D eigenvalue weighted by Gasteiger charge is 2.31. The first-order valence-corrected chi connectivity index (χ1v) is 7.65. The first kappa shape index (κ1) is 13.1. The van der Waals surface area contributed by atoms with Gasteiger partial charge in [0.05, 0.1) is 5.56 Å². The maximum atomic E-state index is 11.8. The van der Waals surface area contributed by atoms with Gasteiger partial charge in [-0.1, -0.05) is 12.8 Å². The topological polar surface area (TPSA) is 61.2 Å². The van der Waals surface area contributed by atoms with E-state index < -0.39 is 0 Å². The van der Waals surface area contributed by atoms with Crippen LogP contribution < -0.4 is 4.90 Å². The van der Waals surface area contributed by atoms with Crippen LogP contribution in [0.1, 0.15) is 41.7 Å². The minimum atomic E-state index is -0.347. The SMILES string of the molecule is N#Cc1c(N2C(=O)C=CC2=O)sc2c1CCCCCC2. The molecule has 2 amide bonds. The molecule has 0 aromatic carbocycles. The van der Waals surface area contributed by atoms with E-state index in [4.69, 9.17) is 0 Å². The first-order chi connectivity index (χ1) is 9.72. The lowest BCUT2D eigenvalue weighted by atomic mass is 9.97. The Morgan fingerprint density at radius 2 is 1.70 bits per heavy atom. The number of thiophene rings is 1. The van der Waals surface area contributed by atoms with Crippen molar-refractivity contribution in [1.29, 1.82) is 5.26 Å². The van der Waals surface area contributed by atoms with Crippen molar-refractivity contribution in [3.05, 3.63) is 28.2 Å². The molecule has 0 N–H and O–H groups in total. The Labute approximate surface area is 121 Å². The van der Waals surface area contributed by atoms with Gasteiger partial charge in [-0.05, 0) is 31.2 Å². The van der Waals surface area contributed by atoms with E-state index in [1.807, 2.05) is 0 Å². The molecule has 0 saturated carbocycles. The quantitative estimate of drug-likeness (QED) is 0.746. The number of nitriles is 1. The van der Waals surface area contributed by atoms with Gasteiger partial charge in [0.25, 0.3) is 11.8 Å². The second kappa shape index (κ2) is 5.22. The van der Waals surface area contributed by atoms with E-state index >= 15 is 0 Å². The molecule has 2 heterocycles. The fourth-order valence-electron chi connectivity index (χ4n) is 2.78. The molecule has 5 heteroatoms. The van der Waals surface area contributed by atoms with Gasteiger partial charge in [-0.3, -0.25) is 9.59 Å². The lowest BCUT2D eigenvalue weighted by molar-refractivity contribution is -0.119. The van der Waals surface area contributed by atoms with E-state index in [1.54, 1.807) is 0 Å². The molecule has 0 saturated heterocycles. The van der Waals surface area contributed by atoms with Crippen LogP contribution in [0.15, 0.2) is 12.2 Å². The number of hydrogen-bond donors (Lipinski definition) is 0. The Bertz CT molecular complexity index is 634. The number of carbonyl (C=O) groups is 2. The monoisotopic (exact) mass is 286 g/mol. The largest absolute Gasteiger partial charge is 0.269 e. The fraction of sp³-hybridized carbons (Fsp3) is 0.400. The van der Waals surface area contributed by atoms with Crippen LogP contribution in [0.2, 0.25) is 0 Å². The molecule has 0 bridgehead atoms. The number of amides is 2. The van der Waals surface area contributed by atoms with Gasteiger partial charge in [-0.25, -0.2) is 4.90 Å². The molecular weight excluding hydrogens is 272 g/mol. The van der Waals surface area contributed by atoms with Gasteiger partial charge in [-0.15, -0.1) is 11.3 Å². The summed E-state index contributed by atoms with van der Waals surface area (Å²) in [7, 11) is 0. The summed E-state index contributed by atoms with van der Waals surface area (Å²) >= 11 is 1.44. The Morgan fingerprint density at radius 3 is 2.35 bits per heavy atom. The Balaban J connectivity index is 2.08. The number of imide groups is 1. The number of hydrogen-bond acceptors (Lipinski definition) is 4. The van der Waals surface area contributed by atoms with Crippen LogP contribution in [-0.2, 0) is 22.4 Å². The zero-order chi connectivity index (χ0) is 14.1. The van der Waals surface area contributed by atoms with E-state index in [2.05, 4.69) is 6.07 Å². The lowest BCUT2D eigenvalue weighted by Gasteiger charge is -2.11. The van der Waals surface area contributed by atoms with E-state index in [0.29, 0.717) is 10.6 Å². The highest BCUT2D eigenvalue weighted by atomic mass is 32.1. The van der Waals surface area contributed by atoms with Crippen molar-refractivity contribution < 1.29 is 9.59 Å². The molecule has 1 aliphatic heterocycles. The van der Waals surface area contributed by atoms with Crippen LogP contribution in [0.3, 0.4) is 0 Å². The van der Waals surface area contributed by atoms with Gasteiger partial charge in [-0.2, -0.15) is 5.26 Å². The Hall–Kier alpha value is -1.93. The first-order valence-electron chi connectivity index (χ1n) is 6.83. The Kier molecular flexibility index (Phi) is 3.41. The lowest BCUT2D eigenvalue weighted by Crippen LogP contribution is -2.29. The van der Waals surface area contributed by atoms with Gasteiger partial charge in [0.15, 0.2) is 0 Å². The van der Waals surface area contributed by atoms with Crippen LogP contribution in [0.5, 0.6) is 0 Å². The van der Waals surface area contributed by atoms with Gasteiger partial charge < -0.3 is 0 Å². The van der Waals surface area contributed by atoms with Gasteiger partial charge in [0, 0.05) is 17.0 Å². The predicted molar refractivity (Wildman–Crippen MR) is 76.5 cm³/mol. The zero-order valence-corrected chi connectivity index (χ0v) is 11.8. The second-order valence-corrected chi connectivity index (χ2v) is 6.14. The summed E-state index contributed by atoms with van der Waals surface area (Å²) in [4.78, 5) is 25.9. The molecule has 1 aromatic rings. The third kappa shape index (κ3) is 2.06. The number of fused-ring (bicyclic) bond motifs is 1. The van der Waals surface area contributed by atoms with Crippen LogP contribution in [0.4, 0.5) is 5.00 Å². The summed E-state index contributed by atoms with van der Waals surface area (Å²) < 4.78 is 0. The van der Waals surface area contributed by atoms with Crippen LogP contribution in [0.25, 0.3) is 0 Å². The summed E-state index contributed by atoms with van der Waals surface area (Å²) in [5.74, 6) is -0.693. The molecule has 20 heavy (non-hydrogen) atoms.